The SMILES string of the molecule is CCC(CC)C(=O)C=C(O)C(CC)CC.Cc1csc2c(-c3[c-]c4ccccc4c(C(C)(C)C)c3)ncnc12.[Ir].c1ccc(-c2nc(-c3ccccc3)nc(-c3ccc(-n4c5ccccc5c5c6c7ccccc7n(-c7ccccc7)c6ccc54)cc3)n2)cc1. The number of aliphatic hydroxyl groups excluding tert-OH is 1. The number of benzene rings is 9. The summed E-state index contributed by atoms with van der Waals surface area (Å²) in [5.41, 5.74) is 15.5. The minimum absolute atomic E-state index is 0. The van der Waals surface area contributed by atoms with Crippen molar-refractivity contribution in [2.75, 3.05) is 0 Å². The van der Waals surface area contributed by atoms with Crippen molar-refractivity contribution in [2.24, 2.45) is 11.8 Å². The molecule has 11 heteroatoms. The number of ketones is 1. The average Bonchev–Trinajstić information content (AvgIpc) is 1.55. The van der Waals surface area contributed by atoms with E-state index >= 15 is 0 Å². The zero-order chi connectivity index (χ0) is 61.8. The van der Waals surface area contributed by atoms with Gasteiger partial charge in [0.05, 0.1) is 33.3 Å². The number of fused-ring (bicyclic) bond motifs is 9. The van der Waals surface area contributed by atoms with Gasteiger partial charge in [0.2, 0.25) is 0 Å². The molecule has 9 nitrogen and oxygen atoms in total. The third-order valence-corrected chi connectivity index (χ3v) is 18.1. The van der Waals surface area contributed by atoms with E-state index < -0.39 is 0 Å². The Morgan fingerprint density at radius 2 is 1.00 bits per heavy atom. The zero-order valence-corrected chi connectivity index (χ0v) is 55.3. The van der Waals surface area contributed by atoms with Crippen LogP contribution in [0.3, 0.4) is 0 Å². The molecule has 14 rings (SSSR count). The van der Waals surface area contributed by atoms with Gasteiger partial charge in [-0.2, -0.15) is 0 Å². The number of aliphatic hydroxyl groups is 1. The quantitative estimate of drug-likeness (QED) is 0.0695. The van der Waals surface area contributed by atoms with Crippen molar-refractivity contribution >= 4 is 81.7 Å². The number of rotatable bonds is 13. The first kappa shape index (κ1) is 62.4. The van der Waals surface area contributed by atoms with E-state index in [9.17, 15) is 9.90 Å². The van der Waals surface area contributed by atoms with E-state index in [0.717, 1.165) is 86.1 Å². The molecule has 5 heterocycles. The second-order valence-corrected chi connectivity index (χ2v) is 24.6. The number of hydrogen-bond donors (Lipinski definition) is 1. The molecule has 0 saturated heterocycles. The van der Waals surface area contributed by atoms with Crippen LogP contribution < -0.4 is 0 Å². The van der Waals surface area contributed by atoms with E-state index in [1.54, 1.807) is 17.7 Å². The van der Waals surface area contributed by atoms with Gasteiger partial charge >= 0.3 is 0 Å². The Labute approximate surface area is 544 Å². The number of thiophene rings is 1. The number of nitrogens with zero attached hydrogens (tertiary/aromatic N) is 7. The Bertz CT molecular complexity index is 4810. The summed E-state index contributed by atoms with van der Waals surface area (Å²) in [4.78, 5) is 35.5. The van der Waals surface area contributed by atoms with Gasteiger partial charge in [0.15, 0.2) is 23.3 Å². The van der Waals surface area contributed by atoms with Crippen LogP contribution in [0.4, 0.5) is 0 Å². The maximum Gasteiger partial charge on any atom is 0.164 e. The van der Waals surface area contributed by atoms with Gasteiger partial charge in [0, 0.05) is 98.0 Å². The number of hydrogen-bond acceptors (Lipinski definition) is 8. The van der Waals surface area contributed by atoms with Crippen molar-refractivity contribution in [1.29, 1.82) is 0 Å². The summed E-state index contributed by atoms with van der Waals surface area (Å²) in [6.45, 7) is 16.9. The number of aryl methyl sites for hydroxylation is 1. The Balaban J connectivity index is 0.000000173. The zero-order valence-electron chi connectivity index (χ0n) is 52.1. The van der Waals surface area contributed by atoms with Gasteiger partial charge in [-0.1, -0.05) is 193 Å². The molecule has 1 N–H and O–H groups in total. The van der Waals surface area contributed by atoms with Crippen molar-refractivity contribution < 1.29 is 30.0 Å². The summed E-state index contributed by atoms with van der Waals surface area (Å²) >= 11 is 1.71. The normalized spacial score (nSPS) is 11.8. The fourth-order valence-electron chi connectivity index (χ4n) is 12.3. The van der Waals surface area contributed by atoms with Crippen molar-refractivity contribution in [3.63, 3.8) is 0 Å². The minimum atomic E-state index is 0. The summed E-state index contributed by atoms with van der Waals surface area (Å²) in [6.07, 6.45) is 6.57. The Hall–Kier alpha value is -9.25. The summed E-state index contributed by atoms with van der Waals surface area (Å²) in [5, 5.41) is 19.3. The molecule has 0 aliphatic carbocycles. The van der Waals surface area contributed by atoms with E-state index in [2.05, 4.69) is 204 Å². The van der Waals surface area contributed by atoms with Gasteiger partial charge < -0.3 is 14.2 Å². The van der Waals surface area contributed by atoms with E-state index in [0.29, 0.717) is 17.5 Å². The summed E-state index contributed by atoms with van der Waals surface area (Å²) in [7, 11) is 0. The molecule has 0 fully saturated rings. The Morgan fingerprint density at radius 3 is 1.51 bits per heavy atom. The van der Waals surface area contributed by atoms with Gasteiger partial charge in [0.1, 0.15) is 6.33 Å². The predicted octanol–water partition coefficient (Wildman–Crippen LogP) is 20.9. The van der Waals surface area contributed by atoms with Crippen LogP contribution in [0.1, 0.15) is 85.3 Å². The van der Waals surface area contributed by atoms with Gasteiger partial charge in [-0.3, -0.25) is 9.78 Å². The average molecular weight is 1380 g/mol. The van der Waals surface area contributed by atoms with Crippen LogP contribution in [0.15, 0.2) is 230 Å². The molecule has 90 heavy (non-hydrogen) atoms. The minimum Gasteiger partial charge on any atom is -0.512 e. The molecule has 0 aliphatic heterocycles. The van der Waals surface area contributed by atoms with Crippen molar-refractivity contribution in [1.82, 2.24) is 34.1 Å². The molecule has 0 spiro atoms. The van der Waals surface area contributed by atoms with Crippen LogP contribution in [-0.4, -0.2) is 44.9 Å². The number of carbonyl (C=O) groups is 1. The van der Waals surface area contributed by atoms with E-state index in [1.807, 2.05) is 88.4 Å². The predicted molar refractivity (Wildman–Crippen MR) is 371 cm³/mol. The third-order valence-electron chi connectivity index (χ3n) is 17.0. The molecule has 5 aromatic heterocycles. The summed E-state index contributed by atoms with van der Waals surface area (Å²) in [5.74, 6) is 2.49. The number of para-hydroxylation sites is 3. The fraction of sp³-hybridized carbons (Fsp3) is 0.190. The molecule has 0 saturated carbocycles. The fourth-order valence-corrected chi connectivity index (χ4v) is 13.3. The van der Waals surface area contributed by atoms with Crippen LogP contribution in [0, 0.1) is 24.8 Å². The summed E-state index contributed by atoms with van der Waals surface area (Å²) < 4.78 is 5.90. The topological polar surface area (TPSA) is 112 Å². The first-order valence-electron chi connectivity index (χ1n) is 30.9. The van der Waals surface area contributed by atoms with Gasteiger partial charge in [0.25, 0.3) is 0 Å². The molecule has 1 radical (unpaired) electrons. The molecular weight excluding hydrogens is 1300 g/mol. The van der Waals surface area contributed by atoms with Crippen LogP contribution in [-0.2, 0) is 30.3 Å². The summed E-state index contributed by atoms with van der Waals surface area (Å²) in [6, 6.07) is 75.7. The molecule has 0 atom stereocenters. The van der Waals surface area contributed by atoms with Crippen LogP contribution >= 0.6 is 11.3 Å². The second-order valence-electron chi connectivity index (χ2n) is 23.7. The number of aromatic nitrogens is 7. The molecule has 0 aliphatic rings. The van der Waals surface area contributed by atoms with Gasteiger partial charge in [-0.25, -0.2) is 19.9 Å². The van der Waals surface area contributed by atoms with Crippen LogP contribution in [0.5, 0.6) is 0 Å². The molecule has 0 amide bonds. The van der Waals surface area contributed by atoms with E-state index in [1.165, 1.54) is 60.7 Å². The van der Waals surface area contributed by atoms with Gasteiger partial charge in [-0.05, 0) is 110 Å². The standard InChI is InChI=1S/C45H29N5.C21H19N2S.C13H24O2.Ir/c1-4-14-30(15-5-1)43-46-44(31-16-6-2-7-17-31)48-45(47-43)32-24-26-34(27-25-32)50-38-23-13-11-21-36(38)42-40(50)29-28-39-41(42)35-20-10-12-22-37(35)49(39)33-18-8-3-9-19-33;1-13-11-24-20-18(13)22-12-23-19(20)15-9-14-7-5-6-8-16(14)17(10-15)21(2,3)4;1-5-10(6-2)12(14)9-13(15)11(7-3)8-4;/h1-29H;5-8,10-12H,1-4H3;9-11,14H,5-8H2,1-4H3;/q;-1;;. The Kier molecular flexibility index (Phi) is 18.9. The monoisotopic (exact) mass is 1380 g/mol. The molecular formula is C79H72IrN7O2S-. The van der Waals surface area contributed by atoms with E-state index in [-0.39, 0.29) is 48.9 Å². The van der Waals surface area contributed by atoms with E-state index in [4.69, 9.17) is 15.0 Å². The molecule has 451 valence electrons. The second kappa shape index (κ2) is 27.2. The van der Waals surface area contributed by atoms with Gasteiger partial charge in [-0.15, -0.1) is 40.5 Å². The van der Waals surface area contributed by atoms with Crippen molar-refractivity contribution in [2.45, 2.75) is 86.5 Å². The molecule has 0 unspecified atom stereocenters. The maximum atomic E-state index is 11.7. The van der Waals surface area contributed by atoms with Crippen molar-refractivity contribution in [3.05, 3.63) is 247 Å². The third kappa shape index (κ3) is 12.4. The maximum absolute atomic E-state index is 11.7. The largest absolute Gasteiger partial charge is 0.512 e. The Morgan fingerprint density at radius 1 is 0.544 bits per heavy atom. The first-order valence-corrected chi connectivity index (χ1v) is 31.8. The van der Waals surface area contributed by atoms with Crippen LogP contribution in [0.2, 0.25) is 0 Å². The van der Waals surface area contributed by atoms with Crippen molar-refractivity contribution in [3.8, 4) is 56.8 Å². The number of allylic oxidation sites excluding steroid dienone is 2. The molecule has 0 bridgehead atoms. The van der Waals surface area contributed by atoms with Crippen LogP contribution in [0.25, 0.3) is 121 Å². The first-order chi connectivity index (χ1) is 43.4. The smallest absolute Gasteiger partial charge is 0.164 e. The number of carbonyl (C=O) groups excluding carboxylic acids is 1. The molecule has 9 aromatic carbocycles. The molecule has 14 aromatic rings.